The highest BCUT2D eigenvalue weighted by atomic mass is 16.6. The molecular formula is C17H24N2O4. The van der Waals surface area contributed by atoms with Crippen LogP contribution in [0.3, 0.4) is 0 Å². The quantitative estimate of drug-likeness (QED) is 0.892. The monoisotopic (exact) mass is 320 g/mol. The molecule has 2 fully saturated rings. The summed E-state index contributed by atoms with van der Waals surface area (Å²) in [5.74, 6) is 0. The van der Waals surface area contributed by atoms with Crippen LogP contribution in [0.4, 0.5) is 4.79 Å². The Kier molecular flexibility index (Phi) is 5.85. The van der Waals surface area contributed by atoms with Crippen LogP contribution in [0.5, 0.6) is 0 Å². The Morgan fingerprint density at radius 3 is 2.83 bits per heavy atom. The van der Waals surface area contributed by atoms with Crippen LogP contribution < -0.4 is 5.32 Å². The number of amides is 1. The zero-order chi connectivity index (χ0) is 15.9. The molecule has 1 aromatic rings. The van der Waals surface area contributed by atoms with Gasteiger partial charge in [-0.05, 0) is 11.1 Å². The largest absolute Gasteiger partial charge is 0.444 e. The van der Waals surface area contributed by atoms with E-state index in [4.69, 9.17) is 14.2 Å². The summed E-state index contributed by atoms with van der Waals surface area (Å²) in [6, 6.07) is 8.30. The van der Waals surface area contributed by atoms with E-state index >= 15 is 0 Å². The molecule has 2 heterocycles. The van der Waals surface area contributed by atoms with Crippen molar-refractivity contribution in [3.8, 4) is 0 Å². The molecule has 2 saturated heterocycles. The number of carbonyl (C=O) groups is 1. The standard InChI is InChI=1S/C17H24N2O4/c20-17(23-16-4-7-22-13-16)18-11-14-2-1-3-15(10-14)12-19-5-8-21-9-6-19/h1-3,10,16H,4-9,11-13H2,(H,18,20). The van der Waals surface area contributed by atoms with Crippen LogP contribution >= 0.6 is 0 Å². The molecule has 1 N–H and O–H groups in total. The van der Waals surface area contributed by atoms with E-state index in [0.717, 1.165) is 44.8 Å². The van der Waals surface area contributed by atoms with Crippen molar-refractivity contribution in [1.29, 1.82) is 0 Å². The van der Waals surface area contributed by atoms with Crippen molar-refractivity contribution >= 4 is 6.09 Å². The third-order valence-corrected chi connectivity index (χ3v) is 4.10. The first kappa shape index (κ1) is 16.2. The van der Waals surface area contributed by atoms with Gasteiger partial charge in [0.15, 0.2) is 0 Å². The van der Waals surface area contributed by atoms with Crippen molar-refractivity contribution in [1.82, 2.24) is 10.2 Å². The number of morpholine rings is 1. The maximum absolute atomic E-state index is 11.8. The van der Waals surface area contributed by atoms with Gasteiger partial charge in [-0.3, -0.25) is 4.90 Å². The van der Waals surface area contributed by atoms with E-state index in [1.54, 1.807) is 0 Å². The van der Waals surface area contributed by atoms with Crippen LogP contribution in [0.1, 0.15) is 17.5 Å². The van der Waals surface area contributed by atoms with Gasteiger partial charge >= 0.3 is 6.09 Å². The van der Waals surface area contributed by atoms with Gasteiger partial charge in [0.1, 0.15) is 6.10 Å². The van der Waals surface area contributed by atoms with Crippen molar-refractivity contribution in [2.24, 2.45) is 0 Å². The zero-order valence-electron chi connectivity index (χ0n) is 13.3. The molecule has 1 atom stereocenters. The average molecular weight is 320 g/mol. The van der Waals surface area contributed by atoms with Crippen LogP contribution in [0.2, 0.25) is 0 Å². The van der Waals surface area contributed by atoms with Crippen LogP contribution in [0.15, 0.2) is 24.3 Å². The van der Waals surface area contributed by atoms with Gasteiger partial charge in [-0.15, -0.1) is 0 Å². The van der Waals surface area contributed by atoms with Crippen molar-refractivity contribution < 1.29 is 19.0 Å². The Morgan fingerprint density at radius 1 is 1.22 bits per heavy atom. The van der Waals surface area contributed by atoms with E-state index in [1.165, 1.54) is 5.56 Å². The lowest BCUT2D eigenvalue weighted by Crippen LogP contribution is -2.35. The molecule has 2 aliphatic rings. The van der Waals surface area contributed by atoms with Gasteiger partial charge in [-0.1, -0.05) is 24.3 Å². The number of alkyl carbamates (subject to hydrolysis) is 1. The second-order valence-electron chi connectivity index (χ2n) is 5.95. The fourth-order valence-corrected chi connectivity index (χ4v) is 2.83. The van der Waals surface area contributed by atoms with Crippen molar-refractivity contribution in [3.63, 3.8) is 0 Å². The topological polar surface area (TPSA) is 60.0 Å². The summed E-state index contributed by atoms with van der Waals surface area (Å²) >= 11 is 0. The van der Waals surface area contributed by atoms with Crippen LogP contribution in [0, 0.1) is 0 Å². The Labute approximate surface area is 136 Å². The molecule has 1 amide bonds. The molecule has 0 radical (unpaired) electrons. The maximum atomic E-state index is 11.8. The number of nitrogens with zero attached hydrogens (tertiary/aromatic N) is 1. The number of hydrogen-bond acceptors (Lipinski definition) is 5. The van der Waals surface area contributed by atoms with Crippen LogP contribution in [0.25, 0.3) is 0 Å². The molecule has 0 spiro atoms. The third kappa shape index (κ3) is 5.20. The molecule has 3 rings (SSSR count). The second kappa shape index (κ2) is 8.29. The van der Waals surface area contributed by atoms with Crippen molar-refractivity contribution in [3.05, 3.63) is 35.4 Å². The van der Waals surface area contributed by atoms with E-state index in [1.807, 2.05) is 12.1 Å². The highest BCUT2D eigenvalue weighted by molar-refractivity contribution is 5.67. The summed E-state index contributed by atoms with van der Waals surface area (Å²) < 4.78 is 15.8. The van der Waals surface area contributed by atoms with Gasteiger partial charge in [-0.25, -0.2) is 4.79 Å². The predicted molar refractivity (Wildman–Crippen MR) is 85.1 cm³/mol. The van der Waals surface area contributed by atoms with Gasteiger partial charge in [-0.2, -0.15) is 0 Å². The highest BCUT2D eigenvalue weighted by Gasteiger charge is 2.19. The zero-order valence-corrected chi connectivity index (χ0v) is 13.3. The van der Waals surface area contributed by atoms with Gasteiger partial charge < -0.3 is 19.5 Å². The fourth-order valence-electron chi connectivity index (χ4n) is 2.83. The van der Waals surface area contributed by atoms with Crippen LogP contribution in [-0.2, 0) is 27.3 Å². The molecule has 6 nitrogen and oxygen atoms in total. The van der Waals surface area contributed by atoms with E-state index < -0.39 is 0 Å². The van der Waals surface area contributed by atoms with Gasteiger partial charge in [0.05, 0.1) is 26.4 Å². The van der Waals surface area contributed by atoms with Gasteiger partial charge in [0.25, 0.3) is 0 Å². The molecule has 23 heavy (non-hydrogen) atoms. The van der Waals surface area contributed by atoms with E-state index in [-0.39, 0.29) is 12.2 Å². The number of nitrogens with one attached hydrogen (secondary N) is 1. The first-order valence-corrected chi connectivity index (χ1v) is 8.20. The highest BCUT2D eigenvalue weighted by Crippen LogP contribution is 2.11. The Balaban J connectivity index is 1.45. The lowest BCUT2D eigenvalue weighted by Gasteiger charge is -2.26. The maximum Gasteiger partial charge on any atom is 0.407 e. The summed E-state index contributed by atoms with van der Waals surface area (Å²) in [4.78, 5) is 14.1. The van der Waals surface area contributed by atoms with Gasteiger partial charge in [0, 0.05) is 32.6 Å². The normalized spacial score (nSPS) is 22.0. The minimum atomic E-state index is -0.376. The van der Waals surface area contributed by atoms with Crippen molar-refractivity contribution in [2.45, 2.75) is 25.6 Å². The number of benzene rings is 1. The summed E-state index contributed by atoms with van der Waals surface area (Å²) in [6.07, 6.45) is 0.296. The van der Waals surface area contributed by atoms with Gasteiger partial charge in [0.2, 0.25) is 0 Å². The van der Waals surface area contributed by atoms with E-state index in [9.17, 15) is 4.79 Å². The first-order valence-electron chi connectivity index (χ1n) is 8.20. The summed E-state index contributed by atoms with van der Waals surface area (Å²) in [6.45, 7) is 6.11. The molecule has 1 unspecified atom stereocenters. The number of ether oxygens (including phenoxy) is 3. The summed E-state index contributed by atoms with van der Waals surface area (Å²) in [7, 11) is 0. The summed E-state index contributed by atoms with van der Waals surface area (Å²) in [5, 5.41) is 2.81. The lowest BCUT2D eigenvalue weighted by molar-refractivity contribution is 0.0342. The molecule has 6 heteroatoms. The molecule has 0 aromatic heterocycles. The second-order valence-corrected chi connectivity index (χ2v) is 5.95. The SMILES string of the molecule is O=C(NCc1cccc(CN2CCOCC2)c1)OC1CCOC1. The average Bonchev–Trinajstić information content (AvgIpc) is 3.07. The molecule has 0 aliphatic carbocycles. The Bertz CT molecular complexity index is 511. The Morgan fingerprint density at radius 2 is 2.04 bits per heavy atom. The van der Waals surface area contributed by atoms with Crippen LogP contribution in [-0.4, -0.2) is 56.6 Å². The lowest BCUT2D eigenvalue weighted by atomic mass is 10.1. The Hall–Kier alpha value is -1.63. The first-order chi connectivity index (χ1) is 11.3. The molecule has 0 bridgehead atoms. The fraction of sp³-hybridized carbons (Fsp3) is 0.588. The number of rotatable bonds is 5. The number of carbonyl (C=O) groups excluding carboxylic acids is 1. The third-order valence-electron chi connectivity index (χ3n) is 4.10. The summed E-state index contributed by atoms with van der Waals surface area (Å²) in [5.41, 5.74) is 2.33. The predicted octanol–water partition coefficient (Wildman–Crippen LogP) is 1.53. The molecule has 1 aromatic carbocycles. The number of hydrogen-bond donors (Lipinski definition) is 1. The van der Waals surface area contributed by atoms with E-state index in [0.29, 0.717) is 19.8 Å². The van der Waals surface area contributed by atoms with Crippen molar-refractivity contribution in [2.75, 3.05) is 39.5 Å². The molecular weight excluding hydrogens is 296 g/mol. The molecule has 126 valence electrons. The molecule has 0 saturated carbocycles. The minimum Gasteiger partial charge on any atom is -0.444 e. The minimum absolute atomic E-state index is 0.109. The van der Waals surface area contributed by atoms with E-state index in [2.05, 4.69) is 22.3 Å². The smallest absolute Gasteiger partial charge is 0.407 e. The molecule has 2 aliphatic heterocycles.